The Labute approximate surface area is 91.7 Å². The number of aliphatic hydroxyl groups is 1. The lowest BCUT2D eigenvalue weighted by atomic mass is 9.99. The standard InChI is InChI=1S/C10H11ClO4/c1-5-8(10(14)15)6(2-3-12)4-7(13)9(5)11/h4,12-13H,2-3H2,1H3,(H,14,15). The van der Waals surface area contributed by atoms with Crippen LogP contribution in [0.1, 0.15) is 21.5 Å². The lowest BCUT2D eigenvalue weighted by Crippen LogP contribution is -2.07. The van der Waals surface area contributed by atoms with Crippen molar-refractivity contribution in [3.05, 3.63) is 27.8 Å². The Morgan fingerprint density at radius 3 is 2.60 bits per heavy atom. The summed E-state index contributed by atoms with van der Waals surface area (Å²) in [6.07, 6.45) is 0.174. The quantitative estimate of drug-likeness (QED) is 0.737. The number of hydrogen-bond acceptors (Lipinski definition) is 3. The molecule has 15 heavy (non-hydrogen) atoms. The number of aromatic hydroxyl groups is 1. The van der Waals surface area contributed by atoms with Crippen molar-refractivity contribution in [2.45, 2.75) is 13.3 Å². The number of halogens is 1. The van der Waals surface area contributed by atoms with Crippen LogP contribution in [-0.4, -0.2) is 27.9 Å². The monoisotopic (exact) mass is 230 g/mol. The molecular formula is C10H11ClO4. The zero-order valence-corrected chi connectivity index (χ0v) is 8.88. The molecule has 3 N–H and O–H groups in total. The highest BCUT2D eigenvalue weighted by atomic mass is 35.5. The third-order valence-corrected chi connectivity index (χ3v) is 2.63. The molecule has 0 heterocycles. The molecule has 0 saturated carbocycles. The zero-order chi connectivity index (χ0) is 11.6. The van der Waals surface area contributed by atoms with E-state index in [1.54, 1.807) is 0 Å². The molecule has 0 unspecified atom stereocenters. The number of phenolic OH excluding ortho intramolecular Hbond substituents is 1. The third-order valence-electron chi connectivity index (χ3n) is 2.16. The maximum Gasteiger partial charge on any atom is 0.336 e. The van der Waals surface area contributed by atoms with Gasteiger partial charge in [-0.3, -0.25) is 0 Å². The molecule has 0 aliphatic carbocycles. The van der Waals surface area contributed by atoms with Gasteiger partial charge in [0.05, 0.1) is 10.6 Å². The Kier molecular flexibility index (Phi) is 3.55. The van der Waals surface area contributed by atoms with E-state index in [1.165, 1.54) is 13.0 Å². The molecule has 0 radical (unpaired) electrons. The number of phenols is 1. The van der Waals surface area contributed by atoms with Gasteiger partial charge in [-0.05, 0) is 30.5 Å². The summed E-state index contributed by atoms with van der Waals surface area (Å²) in [6, 6.07) is 1.27. The first-order valence-corrected chi connectivity index (χ1v) is 4.72. The van der Waals surface area contributed by atoms with Gasteiger partial charge in [0, 0.05) is 6.61 Å². The number of benzene rings is 1. The van der Waals surface area contributed by atoms with Crippen LogP contribution >= 0.6 is 11.6 Å². The molecule has 4 nitrogen and oxygen atoms in total. The van der Waals surface area contributed by atoms with Gasteiger partial charge in [-0.2, -0.15) is 0 Å². The van der Waals surface area contributed by atoms with Crippen molar-refractivity contribution in [2.24, 2.45) is 0 Å². The first kappa shape index (κ1) is 11.8. The van der Waals surface area contributed by atoms with Gasteiger partial charge in [0.15, 0.2) is 0 Å². The predicted molar refractivity (Wildman–Crippen MR) is 55.6 cm³/mol. The number of rotatable bonds is 3. The van der Waals surface area contributed by atoms with Crippen LogP contribution < -0.4 is 0 Å². The topological polar surface area (TPSA) is 77.8 Å². The van der Waals surface area contributed by atoms with Crippen LogP contribution in [0.5, 0.6) is 5.75 Å². The van der Waals surface area contributed by atoms with E-state index in [1.807, 2.05) is 0 Å². The van der Waals surface area contributed by atoms with Gasteiger partial charge in [-0.15, -0.1) is 0 Å². The molecule has 0 spiro atoms. The Balaban J connectivity index is 3.43. The smallest absolute Gasteiger partial charge is 0.336 e. The lowest BCUT2D eigenvalue weighted by Gasteiger charge is -2.11. The summed E-state index contributed by atoms with van der Waals surface area (Å²) >= 11 is 5.72. The second-order valence-corrected chi connectivity index (χ2v) is 3.53. The first-order chi connectivity index (χ1) is 6.99. The number of carbonyl (C=O) groups is 1. The van der Waals surface area contributed by atoms with Crippen molar-refractivity contribution in [1.82, 2.24) is 0 Å². The van der Waals surface area contributed by atoms with Crippen molar-refractivity contribution >= 4 is 17.6 Å². The van der Waals surface area contributed by atoms with E-state index in [4.69, 9.17) is 21.8 Å². The fourth-order valence-corrected chi connectivity index (χ4v) is 1.61. The van der Waals surface area contributed by atoms with Crippen LogP contribution in [0.15, 0.2) is 6.07 Å². The van der Waals surface area contributed by atoms with Crippen molar-refractivity contribution in [3.63, 3.8) is 0 Å². The Morgan fingerprint density at radius 2 is 2.13 bits per heavy atom. The molecule has 82 valence electrons. The molecule has 0 saturated heterocycles. The van der Waals surface area contributed by atoms with Crippen LogP contribution in [0, 0.1) is 6.92 Å². The average Bonchev–Trinajstić information content (AvgIpc) is 2.14. The Hall–Kier alpha value is -1.26. The minimum absolute atomic E-state index is 0.0362. The van der Waals surface area contributed by atoms with E-state index in [-0.39, 0.29) is 29.4 Å². The summed E-state index contributed by atoms with van der Waals surface area (Å²) in [6.45, 7) is 1.34. The number of aromatic carboxylic acids is 1. The largest absolute Gasteiger partial charge is 0.506 e. The summed E-state index contributed by atoms with van der Waals surface area (Å²) in [4.78, 5) is 11.0. The summed E-state index contributed by atoms with van der Waals surface area (Å²) in [5.74, 6) is -1.28. The van der Waals surface area contributed by atoms with E-state index >= 15 is 0 Å². The molecule has 1 aromatic carbocycles. The molecule has 1 rings (SSSR count). The van der Waals surface area contributed by atoms with Crippen molar-refractivity contribution in [2.75, 3.05) is 6.61 Å². The summed E-state index contributed by atoms with van der Waals surface area (Å²) in [5.41, 5.74) is 0.740. The summed E-state index contributed by atoms with van der Waals surface area (Å²) in [7, 11) is 0. The molecule has 5 heteroatoms. The van der Waals surface area contributed by atoms with Gasteiger partial charge in [-0.1, -0.05) is 11.6 Å². The SMILES string of the molecule is Cc1c(Cl)c(O)cc(CCO)c1C(=O)O. The van der Waals surface area contributed by atoms with Gasteiger partial charge >= 0.3 is 5.97 Å². The Morgan fingerprint density at radius 1 is 1.53 bits per heavy atom. The molecule has 0 aromatic heterocycles. The van der Waals surface area contributed by atoms with Gasteiger partial charge in [0.2, 0.25) is 0 Å². The maximum absolute atomic E-state index is 11.0. The Bertz CT molecular complexity index is 401. The molecule has 0 amide bonds. The van der Waals surface area contributed by atoms with E-state index in [0.717, 1.165) is 0 Å². The second-order valence-electron chi connectivity index (χ2n) is 3.15. The summed E-state index contributed by atoms with van der Waals surface area (Å²) in [5, 5.41) is 27.2. The van der Waals surface area contributed by atoms with Gasteiger partial charge < -0.3 is 15.3 Å². The minimum atomic E-state index is -1.11. The average molecular weight is 231 g/mol. The van der Waals surface area contributed by atoms with E-state index in [2.05, 4.69) is 0 Å². The summed E-state index contributed by atoms with van der Waals surface area (Å²) < 4.78 is 0. The van der Waals surface area contributed by atoms with Gasteiger partial charge in [0.1, 0.15) is 5.75 Å². The highest BCUT2D eigenvalue weighted by Gasteiger charge is 2.18. The third kappa shape index (κ3) is 2.22. The van der Waals surface area contributed by atoms with E-state index in [9.17, 15) is 9.90 Å². The zero-order valence-electron chi connectivity index (χ0n) is 8.12. The van der Waals surface area contributed by atoms with Gasteiger partial charge in [-0.25, -0.2) is 4.79 Å². The van der Waals surface area contributed by atoms with Crippen molar-refractivity contribution in [1.29, 1.82) is 0 Å². The first-order valence-electron chi connectivity index (χ1n) is 4.34. The highest BCUT2D eigenvalue weighted by Crippen LogP contribution is 2.32. The molecule has 0 fully saturated rings. The maximum atomic E-state index is 11.0. The van der Waals surface area contributed by atoms with Crippen LogP contribution in [0.4, 0.5) is 0 Å². The van der Waals surface area contributed by atoms with E-state index < -0.39 is 5.97 Å². The molecule has 0 aliphatic heterocycles. The van der Waals surface area contributed by atoms with Crippen LogP contribution in [0.2, 0.25) is 5.02 Å². The lowest BCUT2D eigenvalue weighted by molar-refractivity contribution is 0.0694. The minimum Gasteiger partial charge on any atom is -0.506 e. The molecule has 0 aliphatic rings. The second kappa shape index (κ2) is 4.51. The van der Waals surface area contributed by atoms with Gasteiger partial charge in [0.25, 0.3) is 0 Å². The molecule has 0 bridgehead atoms. The number of hydrogen-bond donors (Lipinski definition) is 3. The molecule has 1 aromatic rings. The number of carboxylic acids is 1. The fourth-order valence-electron chi connectivity index (χ4n) is 1.46. The van der Waals surface area contributed by atoms with E-state index in [0.29, 0.717) is 11.1 Å². The van der Waals surface area contributed by atoms with Crippen LogP contribution in [0.25, 0.3) is 0 Å². The van der Waals surface area contributed by atoms with Crippen LogP contribution in [-0.2, 0) is 6.42 Å². The predicted octanol–water partition coefficient (Wildman–Crippen LogP) is 1.59. The fraction of sp³-hybridized carbons (Fsp3) is 0.300. The number of carboxylic acid groups (broad SMARTS) is 1. The highest BCUT2D eigenvalue weighted by molar-refractivity contribution is 6.33. The van der Waals surface area contributed by atoms with Crippen molar-refractivity contribution in [3.8, 4) is 5.75 Å². The normalized spacial score (nSPS) is 10.3. The number of aliphatic hydroxyl groups excluding tert-OH is 1. The van der Waals surface area contributed by atoms with Crippen molar-refractivity contribution < 1.29 is 20.1 Å². The van der Waals surface area contributed by atoms with Crippen LogP contribution in [0.3, 0.4) is 0 Å². The molecular weight excluding hydrogens is 220 g/mol. The molecule has 0 atom stereocenters.